The molecule has 3 fully saturated rings. The Kier molecular flexibility index (Phi) is 5.73. The molecule has 0 aromatic heterocycles. The Morgan fingerprint density at radius 3 is 2.59 bits per heavy atom. The number of aliphatic hydroxyl groups excluding tert-OH is 2. The summed E-state index contributed by atoms with van der Waals surface area (Å²) in [7, 11) is 1.74. The molecule has 0 bridgehead atoms. The summed E-state index contributed by atoms with van der Waals surface area (Å²) in [6.45, 7) is 8.55. The first-order chi connectivity index (χ1) is 13.7. The van der Waals surface area contributed by atoms with Gasteiger partial charge in [0.2, 0.25) is 0 Å². The molecule has 164 valence electrons. The molecule has 0 amide bonds. The maximum atomic E-state index is 13.1. The Morgan fingerprint density at radius 1 is 1.14 bits per heavy atom. The lowest BCUT2D eigenvalue weighted by atomic mass is 9.47. The van der Waals surface area contributed by atoms with Crippen LogP contribution in [0, 0.1) is 34.5 Å². The van der Waals surface area contributed by atoms with Crippen LogP contribution in [0.4, 0.5) is 0 Å². The SMILES string of the molecule is COCCNC(C)C1CCC2C3=CC(=O)[C@@H]4CC(O)C(O)C[C@]4(C)C3CCC21C. The summed E-state index contributed by atoms with van der Waals surface area (Å²) in [5.41, 5.74) is 1.36. The smallest absolute Gasteiger partial charge is 0.159 e. The number of nitrogens with one attached hydrogen (secondary N) is 1. The lowest BCUT2D eigenvalue weighted by Gasteiger charge is -2.57. The number of fused-ring (bicyclic) bond motifs is 5. The number of allylic oxidation sites excluding steroid dienone is 2. The van der Waals surface area contributed by atoms with Crippen LogP contribution >= 0.6 is 0 Å². The zero-order valence-electron chi connectivity index (χ0n) is 18.5. The third kappa shape index (κ3) is 3.33. The molecule has 3 N–H and O–H groups in total. The van der Waals surface area contributed by atoms with E-state index < -0.39 is 12.2 Å². The van der Waals surface area contributed by atoms with Gasteiger partial charge in [0.1, 0.15) is 0 Å². The van der Waals surface area contributed by atoms with Gasteiger partial charge in [-0.25, -0.2) is 0 Å². The minimum atomic E-state index is -0.768. The normalized spacial score (nSPS) is 47.8. The van der Waals surface area contributed by atoms with Gasteiger partial charge in [0.25, 0.3) is 0 Å². The fourth-order valence-corrected chi connectivity index (χ4v) is 7.79. The van der Waals surface area contributed by atoms with E-state index >= 15 is 0 Å². The zero-order chi connectivity index (χ0) is 21.0. The first-order valence-electron chi connectivity index (χ1n) is 11.6. The Bertz CT molecular complexity index is 678. The highest BCUT2D eigenvalue weighted by atomic mass is 16.5. The van der Waals surface area contributed by atoms with Crippen LogP contribution in [0.3, 0.4) is 0 Å². The molecule has 0 aromatic carbocycles. The molecule has 7 unspecified atom stereocenters. The van der Waals surface area contributed by atoms with E-state index in [1.165, 1.54) is 18.4 Å². The zero-order valence-corrected chi connectivity index (χ0v) is 18.5. The quantitative estimate of drug-likeness (QED) is 0.613. The van der Waals surface area contributed by atoms with E-state index in [1.54, 1.807) is 7.11 Å². The van der Waals surface area contributed by atoms with Crippen molar-refractivity contribution in [2.45, 2.75) is 77.5 Å². The minimum absolute atomic E-state index is 0.147. The van der Waals surface area contributed by atoms with Crippen molar-refractivity contribution in [3.8, 4) is 0 Å². The summed E-state index contributed by atoms with van der Waals surface area (Å²) in [4.78, 5) is 13.1. The highest BCUT2D eigenvalue weighted by Gasteiger charge is 2.60. The molecular weight excluding hydrogens is 366 g/mol. The van der Waals surface area contributed by atoms with Gasteiger partial charge in [-0.05, 0) is 80.1 Å². The first-order valence-corrected chi connectivity index (χ1v) is 11.6. The van der Waals surface area contributed by atoms with Crippen molar-refractivity contribution in [3.63, 3.8) is 0 Å². The fraction of sp³-hybridized carbons (Fsp3) is 0.875. The van der Waals surface area contributed by atoms with Crippen LogP contribution in [0.25, 0.3) is 0 Å². The number of ketones is 1. The Balaban J connectivity index is 1.59. The summed E-state index contributed by atoms with van der Waals surface area (Å²) in [5.74, 6) is 1.46. The van der Waals surface area contributed by atoms with Gasteiger partial charge in [-0.3, -0.25) is 4.79 Å². The van der Waals surface area contributed by atoms with Crippen LogP contribution in [0.15, 0.2) is 11.6 Å². The maximum absolute atomic E-state index is 13.1. The standard InChI is InChI=1S/C24H39NO4/c1-14(25-9-10-29-4)16-5-6-17-15-11-20(26)19-12-21(27)22(28)13-24(19,3)18(15)7-8-23(16,17)2/h11,14,16-19,21-22,25,27-28H,5-10,12-13H2,1-4H3/t14?,16?,17?,18?,19-,21?,22?,23?,24+/m0/s1. The number of carbonyl (C=O) groups excluding carboxylic acids is 1. The average Bonchev–Trinajstić information content (AvgIpc) is 3.02. The molecular formula is C24H39NO4. The van der Waals surface area contributed by atoms with E-state index in [0.29, 0.717) is 36.6 Å². The van der Waals surface area contributed by atoms with Crippen molar-refractivity contribution in [3.05, 3.63) is 11.6 Å². The van der Waals surface area contributed by atoms with Crippen molar-refractivity contribution in [2.24, 2.45) is 34.5 Å². The largest absolute Gasteiger partial charge is 0.390 e. The average molecular weight is 406 g/mol. The molecule has 4 aliphatic rings. The highest BCUT2D eigenvalue weighted by Crippen LogP contribution is 2.65. The monoisotopic (exact) mass is 405 g/mol. The Hall–Kier alpha value is -0.750. The highest BCUT2D eigenvalue weighted by molar-refractivity contribution is 5.94. The lowest BCUT2D eigenvalue weighted by Crippen LogP contribution is -2.56. The molecule has 4 rings (SSSR count). The van der Waals surface area contributed by atoms with Gasteiger partial charge in [-0.2, -0.15) is 0 Å². The van der Waals surface area contributed by atoms with E-state index in [2.05, 4.69) is 26.1 Å². The van der Waals surface area contributed by atoms with Gasteiger partial charge in [-0.1, -0.05) is 19.4 Å². The summed E-state index contributed by atoms with van der Waals surface area (Å²) in [6.07, 6.45) is 6.04. The van der Waals surface area contributed by atoms with E-state index in [9.17, 15) is 15.0 Å². The predicted octanol–water partition coefficient (Wildman–Crippen LogP) is 2.70. The molecule has 5 nitrogen and oxygen atoms in total. The Labute approximate surface area is 175 Å². The Morgan fingerprint density at radius 2 is 1.86 bits per heavy atom. The number of aliphatic hydroxyl groups is 2. The van der Waals surface area contributed by atoms with Crippen LogP contribution < -0.4 is 5.32 Å². The topological polar surface area (TPSA) is 78.8 Å². The van der Waals surface area contributed by atoms with E-state index in [0.717, 1.165) is 26.0 Å². The van der Waals surface area contributed by atoms with Gasteiger partial charge in [0, 0.05) is 25.6 Å². The van der Waals surface area contributed by atoms with Crippen molar-refractivity contribution in [2.75, 3.05) is 20.3 Å². The van der Waals surface area contributed by atoms with Crippen molar-refractivity contribution in [1.82, 2.24) is 5.32 Å². The van der Waals surface area contributed by atoms with Gasteiger partial charge in [-0.15, -0.1) is 0 Å². The summed E-state index contributed by atoms with van der Waals surface area (Å²) < 4.78 is 5.20. The number of hydrogen-bond acceptors (Lipinski definition) is 5. The third-order valence-electron chi connectivity index (χ3n) is 9.38. The molecule has 0 aromatic rings. The van der Waals surface area contributed by atoms with Crippen LogP contribution in [0.1, 0.15) is 59.3 Å². The molecule has 5 heteroatoms. The van der Waals surface area contributed by atoms with Crippen LogP contribution in [0.2, 0.25) is 0 Å². The van der Waals surface area contributed by atoms with Crippen LogP contribution in [0.5, 0.6) is 0 Å². The number of hydrogen-bond donors (Lipinski definition) is 3. The lowest BCUT2D eigenvalue weighted by molar-refractivity contribution is -0.143. The van der Waals surface area contributed by atoms with E-state index in [1.807, 2.05) is 6.08 Å². The van der Waals surface area contributed by atoms with Gasteiger partial charge in [0.05, 0.1) is 18.8 Å². The first kappa shape index (κ1) is 21.5. The van der Waals surface area contributed by atoms with Crippen LogP contribution in [-0.4, -0.2) is 54.5 Å². The number of ether oxygens (including phenoxy) is 1. The van der Waals surface area contributed by atoms with E-state index in [-0.39, 0.29) is 22.5 Å². The summed E-state index contributed by atoms with van der Waals surface area (Å²) >= 11 is 0. The molecule has 9 atom stereocenters. The predicted molar refractivity (Wildman–Crippen MR) is 112 cm³/mol. The summed E-state index contributed by atoms with van der Waals surface area (Å²) in [6, 6.07) is 0.437. The van der Waals surface area contributed by atoms with Crippen LogP contribution in [-0.2, 0) is 9.53 Å². The van der Waals surface area contributed by atoms with Crippen molar-refractivity contribution < 1.29 is 19.7 Å². The molecule has 0 heterocycles. The minimum Gasteiger partial charge on any atom is -0.390 e. The van der Waals surface area contributed by atoms with E-state index in [4.69, 9.17) is 4.74 Å². The fourth-order valence-electron chi connectivity index (χ4n) is 7.79. The molecule has 4 aliphatic carbocycles. The number of methoxy groups -OCH3 is 1. The van der Waals surface area contributed by atoms with Gasteiger partial charge < -0.3 is 20.3 Å². The molecule has 0 aliphatic heterocycles. The van der Waals surface area contributed by atoms with Crippen molar-refractivity contribution >= 4 is 5.78 Å². The molecule has 3 saturated carbocycles. The number of carbonyl (C=O) groups is 1. The second kappa shape index (κ2) is 7.74. The maximum Gasteiger partial charge on any atom is 0.159 e. The second-order valence-electron chi connectivity index (χ2n) is 10.7. The molecule has 0 radical (unpaired) electrons. The third-order valence-corrected chi connectivity index (χ3v) is 9.38. The van der Waals surface area contributed by atoms with Gasteiger partial charge in [0.15, 0.2) is 5.78 Å². The molecule has 0 saturated heterocycles. The van der Waals surface area contributed by atoms with Crippen molar-refractivity contribution in [1.29, 1.82) is 0 Å². The molecule has 0 spiro atoms. The number of rotatable bonds is 5. The molecule has 29 heavy (non-hydrogen) atoms. The van der Waals surface area contributed by atoms with Gasteiger partial charge >= 0.3 is 0 Å². The second-order valence-corrected chi connectivity index (χ2v) is 10.7. The summed E-state index contributed by atoms with van der Waals surface area (Å²) in [5, 5.41) is 24.3.